The highest BCUT2D eigenvalue weighted by Crippen LogP contribution is 2.61. The first kappa shape index (κ1) is 18.7. The van der Waals surface area contributed by atoms with Gasteiger partial charge in [0.1, 0.15) is 0 Å². The summed E-state index contributed by atoms with van der Waals surface area (Å²) in [6.07, 6.45) is 10.8. The van der Waals surface area contributed by atoms with E-state index in [9.17, 15) is 4.79 Å². The summed E-state index contributed by atoms with van der Waals surface area (Å²) in [6.45, 7) is 0. The van der Waals surface area contributed by atoms with Crippen LogP contribution >= 0.6 is 11.6 Å². The molecule has 0 spiro atoms. The van der Waals surface area contributed by atoms with E-state index in [2.05, 4.69) is 6.07 Å². The first-order valence-corrected chi connectivity index (χ1v) is 10.9. The molecule has 0 atom stereocenters. The highest BCUT2D eigenvalue weighted by molar-refractivity contribution is 6.33. The zero-order valence-electron chi connectivity index (χ0n) is 16.4. The number of benzene rings is 2. The Morgan fingerprint density at radius 2 is 1.69 bits per heavy atom. The molecule has 4 heteroatoms. The van der Waals surface area contributed by atoms with Gasteiger partial charge in [0.2, 0.25) is 0 Å². The molecular formula is C25H26ClNO2. The Balaban J connectivity index is 1.51. The largest absolute Gasteiger partial charge is 0.478 e. The molecule has 4 aliphatic carbocycles. The zero-order valence-corrected chi connectivity index (χ0v) is 17.2. The fourth-order valence-electron chi connectivity index (χ4n) is 6.66. The maximum absolute atomic E-state index is 10.7. The van der Waals surface area contributed by atoms with Crippen LogP contribution < -0.4 is 5.73 Å². The van der Waals surface area contributed by atoms with E-state index in [1.807, 2.05) is 30.3 Å². The van der Waals surface area contributed by atoms with Crippen LogP contribution in [0.1, 0.15) is 49.7 Å². The van der Waals surface area contributed by atoms with Crippen molar-refractivity contribution < 1.29 is 9.90 Å². The highest BCUT2D eigenvalue weighted by Gasteiger charge is 2.52. The van der Waals surface area contributed by atoms with Crippen molar-refractivity contribution in [2.75, 3.05) is 5.73 Å². The monoisotopic (exact) mass is 407 g/mol. The number of hydrogen-bond acceptors (Lipinski definition) is 2. The normalized spacial score (nSPS) is 30.2. The van der Waals surface area contributed by atoms with E-state index in [-0.39, 0.29) is 5.41 Å². The Labute approximate surface area is 176 Å². The maximum atomic E-state index is 10.7. The van der Waals surface area contributed by atoms with Crippen molar-refractivity contribution in [2.24, 2.45) is 17.8 Å². The first-order valence-electron chi connectivity index (χ1n) is 10.5. The molecule has 4 fully saturated rings. The molecule has 0 aliphatic heterocycles. The van der Waals surface area contributed by atoms with Crippen molar-refractivity contribution in [3.63, 3.8) is 0 Å². The van der Waals surface area contributed by atoms with Crippen LogP contribution in [0.4, 0.5) is 5.69 Å². The lowest BCUT2D eigenvalue weighted by molar-refractivity contribution is -0.131. The van der Waals surface area contributed by atoms with Crippen LogP contribution in [0.3, 0.4) is 0 Å². The first-order chi connectivity index (χ1) is 13.9. The minimum atomic E-state index is -0.969. The van der Waals surface area contributed by atoms with Crippen molar-refractivity contribution in [1.82, 2.24) is 0 Å². The fourth-order valence-corrected chi connectivity index (χ4v) is 6.96. The van der Waals surface area contributed by atoms with Gasteiger partial charge >= 0.3 is 5.97 Å². The van der Waals surface area contributed by atoms with Gasteiger partial charge < -0.3 is 10.8 Å². The predicted octanol–water partition coefficient (Wildman–Crippen LogP) is 6.15. The van der Waals surface area contributed by atoms with Gasteiger partial charge in [-0.1, -0.05) is 29.8 Å². The SMILES string of the molecule is Nc1ccc(-c2ccc(/C=C/C(=O)O)cc2Cl)cc1C12CC3CC(CC(C3)C1)C2. The molecule has 2 aromatic rings. The van der Waals surface area contributed by atoms with Crippen molar-refractivity contribution in [2.45, 2.75) is 43.9 Å². The molecule has 4 aliphatic rings. The molecular weight excluding hydrogens is 382 g/mol. The number of anilines is 1. The lowest BCUT2D eigenvalue weighted by atomic mass is 9.48. The minimum Gasteiger partial charge on any atom is -0.478 e. The molecule has 4 bridgehead atoms. The third-order valence-electron chi connectivity index (χ3n) is 7.39. The van der Waals surface area contributed by atoms with Gasteiger partial charge in [-0.15, -0.1) is 0 Å². The molecule has 0 saturated heterocycles. The van der Waals surface area contributed by atoms with E-state index in [1.165, 1.54) is 44.1 Å². The van der Waals surface area contributed by atoms with Gasteiger partial charge in [-0.05, 0) is 103 Å². The average Bonchev–Trinajstić information content (AvgIpc) is 2.66. The van der Waals surface area contributed by atoms with Gasteiger partial charge in [0, 0.05) is 22.3 Å². The van der Waals surface area contributed by atoms with E-state index < -0.39 is 5.97 Å². The van der Waals surface area contributed by atoms with Crippen LogP contribution in [-0.2, 0) is 10.2 Å². The average molecular weight is 408 g/mol. The second-order valence-corrected chi connectivity index (χ2v) is 9.82. The summed E-state index contributed by atoms with van der Waals surface area (Å²) in [5.74, 6) is 1.64. The number of carbonyl (C=O) groups is 1. The number of halogens is 1. The van der Waals surface area contributed by atoms with Crippen LogP contribution in [-0.4, -0.2) is 11.1 Å². The standard InChI is InChI=1S/C25H26ClNO2/c26-22-10-15(2-6-24(28)29)1-4-20(22)19-3-5-23(27)21(11-19)25-12-16-7-17(13-25)9-18(8-16)14-25/h1-6,10-11,16-18H,7-9,12-14,27H2,(H,28,29)/b6-2+. The summed E-state index contributed by atoms with van der Waals surface area (Å²) in [5, 5.41) is 9.44. The van der Waals surface area contributed by atoms with Crippen LogP contribution in [0.25, 0.3) is 17.2 Å². The van der Waals surface area contributed by atoms with Gasteiger partial charge in [0.15, 0.2) is 0 Å². The van der Waals surface area contributed by atoms with Gasteiger partial charge in [0.05, 0.1) is 0 Å². The summed E-state index contributed by atoms with van der Waals surface area (Å²) in [5.41, 5.74) is 11.8. The number of nitrogens with two attached hydrogens (primary N) is 1. The van der Waals surface area contributed by atoms with Crippen LogP contribution in [0.15, 0.2) is 42.5 Å². The molecule has 6 rings (SSSR count). The number of hydrogen-bond donors (Lipinski definition) is 2. The number of nitrogen functional groups attached to an aromatic ring is 1. The zero-order chi connectivity index (χ0) is 20.2. The number of aliphatic carboxylic acids is 1. The Morgan fingerprint density at radius 1 is 1.03 bits per heavy atom. The second-order valence-electron chi connectivity index (χ2n) is 9.41. The molecule has 0 aromatic heterocycles. The fraction of sp³-hybridized carbons (Fsp3) is 0.400. The highest BCUT2D eigenvalue weighted by atomic mass is 35.5. The lowest BCUT2D eigenvalue weighted by Crippen LogP contribution is -2.48. The van der Waals surface area contributed by atoms with E-state index in [1.54, 1.807) is 6.08 Å². The van der Waals surface area contributed by atoms with Crippen LogP contribution in [0.2, 0.25) is 5.02 Å². The molecule has 4 saturated carbocycles. The van der Waals surface area contributed by atoms with Crippen LogP contribution in [0, 0.1) is 17.8 Å². The van der Waals surface area contributed by atoms with Gasteiger partial charge in [-0.25, -0.2) is 4.79 Å². The maximum Gasteiger partial charge on any atom is 0.328 e. The van der Waals surface area contributed by atoms with Gasteiger partial charge in [-0.3, -0.25) is 0 Å². The molecule has 0 unspecified atom stereocenters. The summed E-state index contributed by atoms with van der Waals surface area (Å²) in [4.78, 5) is 10.7. The van der Waals surface area contributed by atoms with E-state index in [0.717, 1.165) is 46.2 Å². The Morgan fingerprint density at radius 3 is 2.28 bits per heavy atom. The smallest absolute Gasteiger partial charge is 0.328 e. The number of carboxylic acids is 1. The number of rotatable bonds is 4. The topological polar surface area (TPSA) is 63.3 Å². The quantitative estimate of drug-likeness (QED) is 0.471. The van der Waals surface area contributed by atoms with Crippen molar-refractivity contribution in [3.05, 3.63) is 58.6 Å². The van der Waals surface area contributed by atoms with Crippen molar-refractivity contribution in [1.29, 1.82) is 0 Å². The summed E-state index contributed by atoms with van der Waals surface area (Å²) < 4.78 is 0. The molecule has 0 amide bonds. The van der Waals surface area contributed by atoms with E-state index in [0.29, 0.717) is 5.02 Å². The van der Waals surface area contributed by atoms with Crippen molar-refractivity contribution in [3.8, 4) is 11.1 Å². The van der Waals surface area contributed by atoms with E-state index >= 15 is 0 Å². The predicted molar refractivity (Wildman–Crippen MR) is 118 cm³/mol. The Kier molecular flexibility index (Phi) is 4.47. The van der Waals surface area contributed by atoms with Gasteiger partial charge in [-0.2, -0.15) is 0 Å². The summed E-state index contributed by atoms with van der Waals surface area (Å²) in [7, 11) is 0. The molecule has 29 heavy (non-hydrogen) atoms. The van der Waals surface area contributed by atoms with Gasteiger partial charge in [0.25, 0.3) is 0 Å². The third kappa shape index (κ3) is 3.36. The molecule has 0 heterocycles. The molecule has 150 valence electrons. The van der Waals surface area contributed by atoms with Crippen LogP contribution in [0.5, 0.6) is 0 Å². The molecule has 3 nitrogen and oxygen atoms in total. The number of carboxylic acid groups (broad SMARTS) is 1. The Bertz CT molecular complexity index is 975. The third-order valence-corrected chi connectivity index (χ3v) is 7.70. The summed E-state index contributed by atoms with van der Waals surface area (Å²) >= 11 is 6.58. The lowest BCUT2D eigenvalue weighted by Gasteiger charge is -2.57. The Hall–Kier alpha value is -2.26. The second kappa shape index (κ2) is 6.91. The minimum absolute atomic E-state index is 0.242. The molecule has 2 aromatic carbocycles. The van der Waals surface area contributed by atoms with E-state index in [4.69, 9.17) is 22.4 Å². The molecule has 3 N–H and O–H groups in total. The summed E-state index contributed by atoms with van der Waals surface area (Å²) in [6, 6.07) is 12.1. The van der Waals surface area contributed by atoms with Crippen molar-refractivity contribution >= 4 is 29.3 Å². The molecule has 0 radical (unpaired) electrons.